The monoisotopic (exact) mass is 394 g/mol. The van der Waals surface area contributed by atoms with E-state index in [1.54, 1.807) is 13.8 Å². The SMILES string of the molecule is C#CC(C)(C)c1cc(NC(=O)C(C)(C)S(=O)(=O)CCCC(F)(F)F)on1. The summed E-state index contributed by atoms with van der Waals surface area (Å²) in [5.41, 5.74) is -0.396. The summed E-state index contributed by atoms with van der Waals surface area (Å²) in [7, 11) is -4.13. The number of halogens is 3. The van der Waals surface area contributed by atoms with Gasteiger partial charge in [-0.2, -0.15) is 13.2 Å². The molecule has 0 unspecified atom stereocenters. The number of carbonyl (C=O) groups excluding carboxylic acids is 1. The van der Waals surface area contributed by atoms with Crippen LogP contribution in [-0.2, 0) is 20.0 Å². The molecule has 0 radical (unpaired) electrons. The molecule has 26 heavy (non-hydrogen) atoms. The first-order valence-electron chi connectivity index (χ1n) is 7.68. The van der Waals surface area contributed by atoms with E-state index >= 15 is 0 Å². The third-order valence-electron chi connectivity index (χ3n) is 3.95. The summed E-state index contributed by atoms with van der Waals surface area (Å²) >= 11 is 0. The minimum Gasteiger partial charge on any atom is -0.338 e. The number of carbonyl (C=O) groups is 1. The lowest BCUT2D eigenvalue weighted by Crippen LogP contribution is -2.45. The van der Waals surface area contributed by atoms with E-state index in [1.165, 1.54) is 6.07 Å². The highest BCUT2D eigenvalue weighted by atomic mass is 32.2. The van der Waals surface area contributed by atoms with Gasteiger partial charge >= 0.3 is 6.18 Å². The van der Waals surface area contributed by atoms with Crippen LogP contribution in [0.2, 0.25) is 0 Å². The first-order chi connectivity index (χ1) is 11.6. The van der Waals surface area contributed by atoms with E-state index in [2.05, 4.69) is 16.4 Å². The molecule has 1 rings (SSSR count). The molecular formula is C16H21F3N2O4S. The molecule has 1 amide bonds. The number of nitrogens with zero attached hydrogens (tertiary/aromatic N) is 1. The number of alkyl halides is 3. The molecule has 6 nitrogen and oxygen atoms in total. The Balaban J connectivity index is 2.86. The second-order valence-corrected chi connectivity index (χ2v) is 9.51. The maximum Gasteiger partial charge on any atom is 0.389 e. The van der Waals surface area contributed by atoms with Crippen LogP contribution in [0.1, 0.15) is 46.2 Å². The number of nitrogens with one attached hydrogen (secondary N) is 1. The number of anilines is 1. The van der Waals surface area contributed by atoms with E-state index in [0.717, 1.165) is 13.8 Å². The number of rotatable bonds is 7. The first-order valence-corrected chi connectivity index (χ1v) is 9.33. The maximum absolute atomic E-state index is 12.3. The van der Waals surface area contributed by atoms with E-state index in [4.69, 9.17) is 10.9 Å². The summed E-state index contributed by atoms with van der Waals surface area (Å²) in [4.78, 5) is 12.3. The van der Waals surface area contributed by atoms with Crippen molar-refractivity contribution in [3.63, 3.8) is 0 Å². The molecule has 0 aromatic carbocycles. The van der Waals surface area contributed by atoms with Crippen molar-refractivity contribution in [3.05, 3.63) is 11.8 Å². The van der Waals surface area contributed by atoms with Gasteiger partial charge in [-0.1, -0.05) is 11.1 Å². The molecule has 0 saturated carbocycles. The molecule has 0 saturated heterocycles. The lowest BCUT2D eigenvalue weighted by molar-refractivity contribution is -0.134. The average Bonchev–Trinajstić information content (AvgIpc) is 2.94. The van der Waals surface area contributed by atoms with Crippen molar-refractivity contribution in [2.24, 2.45) is 0 Å². The first kappa shape index (κ1) is 22.0. The van der Waals surface area contributed by atoms with Gasteiger partial charge in [-0.15, -0.1) is 6.42 Å². The maximum atomic E-state index is 12.3. The summed E-state index contributed by atoms with van der Waals surface area (Å²) in [5.74, 6) is 0.682. The van der Waals surface area contributed by atoms with E-state index in [0.29, 0.717) is 5.69 Å². The molecule has 0 spiro atoms. The van der Waals surface area contributed by atoms with Gasteiger partial charge in [0.25, 0.3) is 0 Å². The zero-order valence-corrected chi connectivity index (χ0v) is 15.7. The van der Waals surface area contributed by atoms with Crippen LogP contribution in [-0.4, -0.2) is 36.2 Å². The number of hydrogen-bond acceptors (Lipinski definition) is 5. The van der Waals surface area contributed by atoms with Crippen LogP contribution in [0, 0.1) is 12.3 Å². The van der Waals surface area contributed by atoms with Crippen molar-refractivity contribution in [1.29, 1.82) is 0 Å². The lowest BCUT2D eigenvalue weighted by atomic mass is 9.91. The Bertz CT molecular complexity index is 802. The topological polar surface area (TPSA) is 89.3 Å². The summed E-state index contributed by atoms with van der Waals surface area (Å²) in [5, 5.41) is 6.00. The Hall–Kier alpha value is -2.02. The highest BCUT2D eigenvalue weighted by Gasteiger charge is 2.42. The molecule has 0 aliphatic heterocycles. The van der Waals surface area contributed by atoms with Crippen LogP contribution in [0.25, 0.3) is 0 Å². The number of sulfone groups is 1. The van der Waals surface area contributed by atoms with Crippen LogP contribution in [0.15, 0.2) is 10.6 Å². The van der Waals surface area contributed by atoms with Gasteiger partial charge in [0, 0.05) is 12.5 Å². The standard InChI is InChI=1S/C16H21F3N2O4S/c1-6-14(2,3)11-10-12(25-21-11)20-13(22)15(4,5)26(23,24)9-7-8-16(17,18)19/h1,10H,7-9H2,2-5H3,(H,20,22). The van der Waals surface area contributed by atoms with Crippen molar-refractivity contribution >= 4 is 21.6 Å². The molecule has 0 atom stereocenters. The normalized spacial score (nSPS) is 13.3. The Morgan fingerprint density at radius 3 is 2.38 bits per heavy atom. The molecule has 1 aromatic heterocycles. The van der Waals surface area contributed by atoms with E-state index < -0.39 is 50.7 Å². The van der Waals surface area contributed by atoms with Crippen molar-refractivity contribution in [2.45, 2.75) is 56.9 Å². The number of hydrogen-bond donors (Lipinski definition) is 1. The van der Waals surface area contributed by atoms with Crippen LogP contribution in [0.5, 0.6) is 0 Å². The Kier molecular flexibility index (Phi) is 6.19. The second-order valence-electron chi connectivity index (χ2n) is 6.85. The molecule has 1 N–H and O–H groups in total. The Morgan fingerprint density at radius 2 is 1.88 bits per heavy atom. The molecule has 1 aromatic rings. The van der Waals surface area contributed by atoms with Gasteiger partial charge in [0.05, 0.1) is 11.2 Å². The molecule has 0 aliphatic rings. The van der Waals surface area contributed by atoms with Gasteiger partial charge in [0.1, 0.15) is 10.4 Å². The minimum absolute atomic E-state index is 0.105. The number of terminal acetylenes is 1. The fourth-order valence-corrected chi connectivity index (χ4v) is 3.19. The number of amides is 1. The molecule has 10 heteroatoms. The summed E-state index contributed by atoms with van der Waals surface area (Å²) < 4.78 is 64.1. The van der Waals surface area contributed by atoms with E-state index in [9.17, 15) is 26.4 Å². The van der Waals surface area contributed by atoms with Crippen LogP contribution >= 0.6 is 0 Å². The van der Waals surface area contributed by atoms with E-state index in [-0.39, 0.29) is 5.88 Å². The Labute approximate surface area is 150 Å². The summed E-state index contributed by atoms with van der Waals surface area (Å²) in [6, 6.07) is 1.37. The van der Waals surface area contributed by atoms with Gasteiger partial charge in [-0.05, 0) is 34.1 Å². The molecule has 0 fully saturated rings. The molecule has 146 valence electrons. The van der Waals surface area contributed by atoms with Gasteiger partial charge in [0.2, 0.25) is 11.8 Å². The van der Waals surface area contributed by atoms with Crippen molar-refractivity contribution < 1.29 is 30.9 Å². The van der Waals surface area contributed by atoms with Gasteiger partial charge < -0.3 is 4.52 Å². The lowest BCUT2D eigenvalue weighted by Gasteiger charge is -2.23. The summed E-state index contributed by atoms with van der Waals surface area (Å²) in [6.07, 6.45) is -0.942. The van der Waals surface area contributed by atoms with Gasteiger partial charge in [-0.25, -0.2) is 8.42 Å². The smallest absolute Gasteiger partial charge is 0.338 e. The fraction of sp³-hybridized carbons (Fsp3) is 0.625. The second kappa shape index (κ2) is 7.31. The third kappa shape index (κ3) is 5.24. The molecule has 1 heterocycles. The predicted octanol–water partition coefficient (Wildman–Crippen LogP) is 3.06. The van der Waals surface area contributed by atoms with Crippen molar-refractivity contribution in [1.82, 2.24) is 5.16 Å². The molecular weight excluding hydrogens is 373 g/mol. The predicted molar refractivity (Wildman–Crippen MR) is 90.1 cm³/mol. The molecule has 0 aliphatic carbocycles. The highest BCUT2D eigenvalue weighted by molar-refractivity contribution is 7.93. The zero-order chi connectivity index (χ0) is 20.4. The van der Waals surface area contributed by atoms with Gasteiger partial charge in [-0.3, -0.25) is 10.1 Å². The van der Waals surface area contributed by atoms with Crippen molar-refractivity contribution in [2.75, 3.05) is 11.1 Å². The van der Waals surface area contributed by atoms with E-state index in [1.807, 2.05) is 0 Å². The quantitative estimate of drug-likeness (QED) is 0.718. The zero-order valence-electron chi connectivity index (χ0n) is 14.9. The minimum atomic E-state index is -4.46. The largest absolute Gasteiger partial charge is 0.389 e. The average molecular weight is 394 g/mol. The summed E-state index contributed by atoms with van der Waals surface area (Å²) in [6.45, 7) is 5.64. The highest BCUT2D eigenvalue weighted by Crippen LogP contribution is 2.27. The van der Waals surface area contributed by atoms with Crippen LogP contribution in [0.4, 0.5) is 19.1 Å². The third-order valence-corrected chi connectivity index (χ3v) is 6.51. The fourth-order valence-electron chi connectivity index (χ4n) is 1.82. The van der Waals surface area contributed by atoms with Crippen LogP contribution < -0.4 is 5.32 Å². The number of aromatic nitrogens is 1. The van der Waals surface area contributed by atoms with Crippen LogP contribution in [0.3, 0.4) is 0 Å². The van der Waals surface area contributed by atoms with Crippen molar-refractivity contribution in [3.8, 4) is 12.3 Å². The molecule has 0 bridgehead atoms. The Morgan fingerprint density at radius 1 is 1.31 bits per heavy atom. The van der Waals surface area contributed by atoms with Gasteiger partial charge in [0.15, 0.2) is 9.84 Å².